The summed E-state index contributed by atoms with van der Waals surface area (Å²) in [4.78, 5) is 22.5. The van der Waals surface area contributed by atoms with Crippen LogP contribution in [0.5, 0.6) is 5.75 Å². The van der Waals surface area contributed by atoms with Crippen LogP contribution < -0.4 is 9.80 Å². The van der Waals surface area contributed by atoms with Crippen LogP contribution in [0.1, 0.15) is 57.6 Å². The molecule has 7 nitrogen and oxygen atoms in total. The highest BCUT2D eigenvalue weighted by Gasteiger charge is 2.41. The van der Waals surface area contributed by atoms with E-state index in [2.05, 4.69) is 41.8 Å². The third-order valence-corrected chi connectivity index (χ3v) is 8.77. The van der Waals surface area contributed by atoms with E-state index in [1.807, 2.05) is 35.4 Å². The summed E-state index contributed by atoms with van der Waals surface area (Å²) in [5.74, 6) is -4.43. The van der Waals surface area contributed by atoms with Gasteiger partial charge in [-0.25, -0.2) is 23.5 Å². The van der Waals surface area contributed by atoms with E-state index in [4.69, 9.17) is 14.4 Å². The molecule has 1 atom stereocenters. The lowest BCUT2D eigenvalue weighted by Crippen LogP contribution is -2.33. The van der Waals surface area contributed by atoms with Crippen molar-refractivity contribution >= 4 is 49.9 Å². The fraction of sp³-hybridized carbons (Fsp3) is 0.351. The van der Waals surface area contributed by atoms with Gasteiger partial charge in [0.2, 0.25) is 0 Å². The highest BCUT2D eigenvalue weighted by atomic mass is 19.3. The zero-order valence-electron chi connectivity index (χ0n) is 27.0. The van der Waals surface area contributed by atoms with Crippen LogP contribution in [-0.2, 0) is 21.0 Å². The molecule has 0 saturated carbocycles. The molecule has 11 heteroatoms. The molecule has 0 amide bonds. The number of hydroxylamine groups is 1. The zero-order chi connectivity index (χ0) is 34.0. The molecule has 0 radical (unpaired) electrons. The van der Waals surface area contributed by atoms with Crippen molar-refractivity contribution < 1.29 is 36.8 Å². The first-order valence-electron chi connectivity index (χ1n) is 16.1. The predicted molar refractivity (Wildman–Crippen MR) is 179 cm³/mol. The summed E-state index contributed by atoms with van der Waals surface area (Å²) in [5.41, 5.74) is 4.62. The van der Waals surface area contributed by atoms with Crippen LogP contribution in [0.25, 0.3) is 32.6 Å². The highest BCUT2D eigenvalue weighted by molar-refractivity contribution is 6.23. The summed E-state index contributed by atoms with van der Waals surface area (Å²) < 4.78 is 59.4. The lowest BCUT2D eigenvalue weighted by molar-refractivity contribution is -0.148. The molecule has 1 aromatic heterocycles. The van der Waals surface area contributed by atoms with E-state index < -0.39 is 24.9 Å². The Balaban J connectivity index is 1.48. The minimum absolute atomic E-state index is 0.0188. The quantitative estimate of drug-likeness (QED) is 0.0389. The van der Waals surface area contributed by atoms with Gasteiger partial charge in [-0.2, -0.15) is 8.78 Å². The fourth-order valence-corrected chi connectivity index (χ4v) is 6.16. The number of fused-ring (bicyclic) bond motifs is 5. The third-order valence-electron chi connectivity index (χ3n) is 8.77. The SMILES string of the molecule is CCCCC(CC)Cn1c2ccc(/C(=N\OC(C)=O)c3ccc(OCC(F)(F)C(F)F)cc3)cc2c2cc(N3CO3)c3ccccc3c21. The summed E-state index contributed by atoms with van der Waals surface area (Å²) in [6, 6.07) is 22.3. The lowest BCUT2D eigenvalue weighted by atomic mass is 9.99. The number of nitrogens with zero attached hydrogens (tertiary/aromatic N) is 3. The second-order valence-electron chi connectivity index (χ2n) is 12.1. The van der Waals surface area contributed by atoms with Crippen molar-refractivity contribution in [1.29, 1.82) is 0 Å². The molecule has 6 rings (SSSR count). The van der Waals surface area contributed by atoms with Gasteiger partial charge < -0.3 is 14.1 Å². The molecule has 2 heterocycles. The molecule has 4 aromatic carbocycles. The number of alkyl halides is 4. The van der Waals surface area contributed by atoms with Gasteiger partial charge >= 0.3 is 18.3 Å². The van der Waals surface area contributed by atoms with E-state index in [1.165, 1.54) is 19.1 Å². The first kappa shape index (κ1) is 33.3. The molecule has 0 spiro atoms. The number of hydrogen-bond acceptors (Lipinski definition) is 6. The average molecular weight is 664 g/mol. The summed E-state index contributed by atoms with van der Waals surface area (Å²) in [6.07, 6.45) is 0.630. The van der Waals surface area contributed by atoms with Gasteiger partial charge in [0.1, 0.15) is 11.5 Å². The van der Waals surface area contributed by atoms with E-state index >= 15 is 0 Å². The number of ether oxygens (including phenoxy) is 1. The molecule has 1 saturated heterocycles. The van der Waals surface area contributed by atoms with Crippen molar-refractivity contribution in [3.8, 4) is 5.75 Å². The van der Waals surface area contributed by atoms with Crippen LogP contribution in [0.2, 0.25) is 0 Å². The minimum atomic E-state index is -4.28. The van der Waals surface area contributed by atoms with E-state index in [0.717, 1.165) is 70.5 Å². The Morgan fingerprint density at radius 2 is 1.67 bits per heavy atom. The van der Waals surface area contributed by atoms with E-state index in [9.17, 15) is 22.4 Å². The molecule has 0 N–H and O–H groups in total. The number of oxime groups is 1. The molecular formula is C37H37F4N3O4. The van der Waals surface area contributed by atoms with Gasteiger partial charge in [-0.1, -0.05) is 68.6 Å². The minimum Gasteiger partial charge on any atom is -0.487 e. The average Bonchev–Trinajstić information content (AvgIpc) is 3.89. The van der Waals surface area contributed by atoms with Crippen molar-refractivity contribution in [2.45, 2.75) is 65.3 Å². The van der Waals surface area contributed by atoms with Crippen LogP contribution in [-0.4, -0.2) is 41.9 Å². The predicted octanol–water partition coefficient (Wildman–Crippen LogP) is 9.47. The number of hydrogen-bond donors (Lipinski definition) is 0. The Labute approximate surface area is 275 Å². The molecule has 1 fully saturated rings. The molecule has 48 heavy (non-hydrogen) atoms. The smallest absolute Gasteiger partial charge is 0.340 e. The number of unbranched alkanes of at least 4 members (excludes halogenated alkanes) is 1. The standard InChI is InChI=1S/C37H37F4N3O4/c1-4-6-9-24(5-2)20-43-32-17-14-26(18-30(32)31-19-33(44-22-47-44)28-10-7-8-11-29(28)35(31)43)34(42-48-23(3)45)25-12-15-27(16-13-25)46-21-37(40,41)36(38)39/h7-8,10-19,24,36H,4-6,9,20-22H2,1-3H3/b42-34-. The van der Waals surface area contributed by atoms with Gasteiger partial charge in [-0.05, 0) is 54.8 Å². The molecule has 1 aliphatic heterocycles. The maximum absolute atomic E-state index is 13.4. The van der Waals surface area contributed by atoms with Crippen LogP contribution in [0, 0.1) is 5.92 Å². The molecule has 0 aliphatic carbocycles. The van der Waals surface area contributed by atoms with Crippen molar-refractivity contribution in [2.75, 3.05) is 18.4 Å². The van der Waals surface area contributed by atoms with Gasteiger partial charge in [0, 0.05) is 51.7 Å². The first-order chi connectivity index (χ1) is 23.1. The number of carbonyl (C=O) groups is 1. The molecule has 1 unspecified atom stereocenters. The maximum Gasteiger partial charge on any atom is 0.340 e. The summed E-state index contributed by atoms with van der Waals surface area (Å²) in [5, 5.41) is 10.3. The first-order valence-corrected chi connectivity index (χ1v) is 16.1. The van der Waals surface area contributed by atoms with Crippen molar-refractivity contribution in [3.63, 3.8) is 0 Å². The zero-order valence-corrected chi connectivity index (χ0v) is 27.0. The summed E-state index contributed by atoms with van der Waals surface area (Å²) in [6.45, 7) is 5.57. The Bertz CT molecular complexity index is 1970. The highest BCUT2D eigenvalue weighted by Crippen LogP contribution is 2.42. The van der Waals surface area contributed by atoms with Crippen molar-refractivity contribution in [3.05, 3.63) is 83.9 Å². The van der Waals surface area contributed by atoms with Crippen molar-refractivity contribution in [1.82, 2.24) is 4.57 Å². The second-order valence-corrected chi connectivity index (χ2v) is 12.1. The van der Waals surface area contributed by atoms with Crippen molar-refractivity contribution in [2.24, 2.45) is 11.1 Å². The Morgan fingerprint density at radius 3 is 2.31 bits per heavy atom. The summed E-state index contributed by atoms with van der Waals surface area (Å²) >= 11 is 0. The van der Waals surface area contributed by atoms with Crippen LogP contribution in [0.15, 0.2) is 78.0 Å². The topological polar surface area (TPSA) is 68.4 Å². The van der Waals surface area contributed by atoms with Gasteiger partial charge in [0.15, 0.2) is 13.3 Å². The third kappa shape index (κ3) is 6.82. The molecule has 5 aromatic rings. The number of rotatable bonds is 14. The van der Waals surface area contributed by atoms with Gasteiger partial charge in [0.25, 0.3) is 0 Å². The van der Waals surface area contributed by atoms with E-state index in [0.29, 0.717) is 29.5 Å². The largest absolute Gasteiger partial charge is 0.487 e. The monoisotopic (exact) mass is 663 g/mol. The van der Waals surface area contributed by atoms with E-state index in [-0.39, 0.29) is 5.75 Å². The fourth-order valence-electron chi connectivity index (χ4n) is 6.16. The maximum atomic E-state index is 13.4. The van der Waals surface area contributed by atoms with Crippen LogP contribution in [0.3, 0.4) is 0 Å². The molecule has 1 aliphatic rings. The Hall–Kier alpha value is -4.64. The summed E-state index contributed by atoms with van der Waals surface area (Å²) in [7, 11) is 0. The number of carbonyl (C=O) groups excluding carboxylic acids is 1. The number of aromatic nitrogens is 1. The number of benzene rings is 4. The van der Waals surface area contributed by atoms with Gasteiger partial charge in [-0.15, -0.1) is 0 Å². The second kappa shape index (κ2) is 13.8. The normalized spacial score (nSPS) is 14.3. The van der Waals surface area contributed by atoms with Gasteiger partial charge in [-0.3, -0.25) is 0 Å². The van der Waals surface area contributed by atoms with Crippen LogP contribution in [0.4, 0.5) is 23.2 Å². The lowest BCUT2D eigenvalue weighted by Gasteiger charge is -2.18. The van der Waals surface area contributed by atoms with E-state index in [1.54, 1.807) is 12.1 Å². The molecular weight excluding hydrogens is 626 g/mol. The molecule has 0 bridgehead atoms. The number of anilines is 1. The Kier molecular flexibility index (Phi) is 9.59. The number of halogens is 4. The van der Waals surface area contributed by atoms with Gasteiger partial charge in [0.05, 0.1) is 11.2 Å². The molecule has 252 valence electrons. The van der Waals surface area contributed by atoms with Crippen LogP contribution >= 0.6 is 0 Å². The Morgan fingerprint density at radius 1 is 0.958 bits per heavy atom.